The molecule has 2 bridgehead atoms. The number of carbonyl (C=O) groups is 6. The maximum absolute atomic E-state index is 15.0. The van der Waals surface area contributed by atoms with Crippen molar-refractivity contribution in [3.63, 3.8) is 0 Å². The van der Waals surface area contributed by atoms with Crippen molar-refractivity contribution < 1.29 is 57.6 Å². The summed E-state index contributed by atoms with van der Waals surface area (Å²) in [4.78, 5) is 80.9. The number of ketones is 1. The number of benzene rings is 1. The van der Waals surface area contributed by atoms with Crippen molar-refractivity contribution in [2.45, 2.75) is 111 Å². The highest BCUT2D eigenvalue weighted by Gasteiger charge is 2.65. The van der Waals surface area contributed by atoms with E-state index in [2.05, 4.69) is 6.58 Å². The molecule has 10 atom stereocenters. The lowest BCUT2D eigenvalue weighted by atomic mass is 9.49. The number of ether oxygens (including phenoxy) is 5. The van der Waals surface area contributed by atoms with E-state index in [0.717, 1.165) is 6.92 Å². The third kappa shape index (κ3) is 7.57. The van der Waals surface area contributed by atoms with Crippen molar-refractivity contribution in [3.8, 4) is 0 Å². The highest BCUT2D eigenvalue weighted by Crippen LogP contribution is 2.60. The number of rotatable bonds is 9. The molecular formula is C39H51NO12. The second-order valence-electron chi connectivity index (χ2n) is 15.1. The van der Waals surface area contributed by atoms with Crippen LogP contribution in [0.2, 0.25) is 0 Å². The minimum atomic E-state index is -1.64. The molecule has 1 aromatic rings. The maximum Gasteiger partial charge on any atom is 0.337 e. The SMILES string of the molecule is C=C1C(OC(=O)C(O)C(c2ccccc2)N(C)C)CC(OC(C)=O)C2(C)C1CC1C(OC(C)=O)C(OC(C)=O)C(C)=C(C(=O)C2OC(C)=O)C1(C)C. The smallest absolute Gasteiger partial charge is 0.337 e. The highest BCUT2D eigenvalue weighted by molar-refractivity contribution is 6.03. The summed E-state index contributed by atoms with van der Waals surface area (Å²) in [6.07, 6.45) is -7.74. The molecule has 1 aromatic carbocycles. The number of aliphatic hydroxyl groups excluding tert-OH is 1. The first-order chi connectivity index (χ1) is 24.1. The monoisotopic (exact) mass is 725 g/mol. The van der Waals surface area contributed by atoms with Gasteiger partial charge in [-0.1, -0.05) is 57.7 Å². The highest BCUT2D eigenvalue weighted by atomic mass is 16.6. The fourth-order valence-corrected chi connectivity index (χ4v) is 8.78. The summed E-state index contributed by atoms with van der Waals surface area (Å²) in [7, 11) is 3.44. The Labute approximate surface area is 304 Å². The van der Waals surface area contributed by atoms with Crippen molar-refractivity contribution in [1.82, 2.24) is 4.90 Å². The maximum atomic E-state index is 15.0. The number of esters is 5. The Kier molecular flexibility index (Phi) is 11.9. The second kappa shape index (κ2) is 15.3. The number of fused-ring (bicyclic) bond motifs is 3. The van der Waals surface area contributed by atoms with Gasteiger partial charge in [0.15, 0.2) is 18.3 Å². The van der Waals surface area contributed by atoms with Gasteiger partial charge in [-0.2, -0.15) is 0 Å². The van der Waals surface area contributed by atoms with Gasteiger partial charge in [0.25, 0.3) is 0 Å². The van der Waals surface area contributed by atoms with Crippen LogP contribution in [0.15, 0.2) is 53.6 Å². The van der Waals surface area contributed by atoms with Crippen LogP contribution in [0.3, 0.4) is 0 Å². The molecule has 284 valence electrons. The molecule has 0 aliphatic heterocycles. The number of aliphatic hydroxyl groups is 1. The van der Waals surface area contributed by atoms with E-state index >= 15 is 0 Å². The molecule has 52 heavy (non-hydrogen) atoms. The quantitative estimate of drug-likeness (QED) is 0.222. The average Bonchev–Trinajstić information content (AvgIpc) is 3.02. The van der Waals surface area contributed by atoms with Gasteiger partial charge in [-0.15, -0.1) is 0 Å². The Balaban J connectivity index is 1.90. The van der Waals surface area contributed by atoms with Gasteiger partial charge in [-0.05, 0) is 55.5 Å². The Morgan fingerprint density at radius 1 is 0.846 bits per heavy atom. The minimum Gasteiger partial charge on any atom is -0.462 e. The number of Topliss-reactive ketones (excluding diaryl/α,β-unsaturated/α-hetero) is 1. The van der Waals surface area contributed by atoms with Gasteiger partial charge in [0, 0.05) is 45.6 Å². The summed E-state index contributed by atoms with van der Waals surface area (Å²) in [5, 5.41) is 11.4. The Hall–Kier alpha value is -4.36. The molecule has 2 saturated carbocycles. The van der Waals surface area contributed by atoms with Gasteiger partial charge >= 0.3 is 29.8 Å². The molecule has 1 N–H and O–H groups in total. The van der Waals surface area contributed by atoms with Crippen molar-refractivity contribution >= 4 is 35.6 Å². The second-order valence-corrected chi connectivity index (χ2v) is 15.1. The predicted octanol–water partition coefficient (Wildman–Crippen LogP) is 3.82. The molecule has 0 spiro atoms. The predicted molar refractivity (Wildman–Crippen MR) is 186 cm³/mol. The lowest BCUT2D eigenvalue weighted by molar-refractivity contribution is -0.201. The van der Waals surface area contributed by atoms with Crippen LogP contribution < -0.4 is 0 Å². The first-order valence-corrected chi connectivity index (χ1v) is 17.4. The first-order valence-electron chi connectivity index (χ1n) is 17.4. The summed E-state index contributed by atoms with van der Waals surface area (Å²) >= 11 is 0. The summed E-state index contributed by atoms with van der Waals surface area (Å²) in [5.74, 6) is -5.91. The standard InChI is InChI=1S/C39H51NO12/c1-19-26-17-27-35(50-23(5)43)34(49-22(4)42)20(2)30(38(27,7)8)32(45)36(51-24(6)44)39(26,9)29(48-21(3)41)18-28(19)52-37(47)33(46)31(40(10)11)25-15-13-12-14-16-25/h12-16,26-29,31,33-36,46H,1,17-18H2,2-11H3. The van der Waals surface area contributed by atoms with Gasteiger partial charge in [0.2, 0.25) is 5.78 Å². The first kappa shape index (κ1) is 40.4. The van der Waals surface area contributed by atoms with Crippen LogP contribution in [0.25, 0.3) is 0 Å². The largest absolute Gasteiger partial charge is 0.462 e. The molecule has 0 heterocycles. The minimum absolute atomic E-state index is 0.0819. The average molecular weight is 726 g/mol. The van der Waals surface area contributed by atoms with Crippen LogP contribution in [0.1, 0.15) is 79.8 Å². The van der Waals surface area contributed by atoms with Gasteiger partial charge in [0.05, 0.1) is 11.5 Å². The van der Waals surface area contributed by atoms with Crippen LogP contribution in [0.4, 0.5) is 0 Å². The van der Waals surface area contributed by atoms with E-state index in [-0.39, 0.29) is 18.4 Å². The summed E-state index contributed by atoms with van der Waals surface area (Å²) in [6, 6.07) is 8.18. The molecule has 0 saturated heterocycles. The topological polar surface area (TPSA) is 172 Å². The molecule has 2 fully saturated rings. The molecule has 10 unspecified atom stereocenters. The van der Waals surface area contributed by atoms with Crippen molar-refractivity contribution in [1.29, 1.82) is 0 Å². The number of hydrogen-bond acceptors (Lipinski definition) is 13. The van der Waals surface area contributed by atoms with E-state index in [1.165, 1.54) is 20.8 Å². The Morgan fingerprint density at radius 2 is 1.40 bits per heavy atom. The van der Waals surface area contributed by atoms with Gasteiger partial charge in [-0.25, -0.2) is 4.79 Å². The van der Waals surface area contributed by atoms with Crippen LogP contribution in [0, 0.1) is 22.7 Å². The van der Waals surface area contributed by atoms with E-state index in [1.54, 1.807) is 71.0 Å². The molecule has 13 heteroatoms. The lowest BCUT2D eigenvalue weighted by Crippen LogP contribution is -2.65. The molecule has 4 rings (SSSR count). The molecule has 0 aromatic heterocycles. The summed E-state index contributed by atoms with van der Waals surface area (Å²) in [5.41, 5.74) is -0.974. The zero-order valence-electron chi connectivity index (χ0n) is 31.6. The zero-order valence-corrected chi connectivity index (χ0v) is 31.6. The van der Waals surface area contributed by atoms with Gasteiger partial charge in [-0.3, -0.25) is 28.9 Å². The van der Waals surface area contributed by atoms with Crippen molar-refractivity contribution in [2.24, 2.45) is 22.7 Å². The summed E-state index contributed by atoms with van der Waals surface area (Å²) in [6.45, 7) is 16.0. The number of nitrogens with zero attached hydrogens (tertiary/aromatic N) is 1. The van der Waals surface area contributed by atoms with Crippen molar-refractivity contribution in [3.05, 3.63) is 59.2 Å². The normalized spacial score (nSPS) is 30.9. The number of hydrogen-bond donors (Lipinski definition) is 1. The molecule has 3 aliphatic carbocycles. The molecule has 0 radical (unpaired) electrons. The lowest BCUT2D eigenvalue weighted by Gasteiger charge is -2.58. The van der Waals surface area contributed by atoms with E-state index in [9.17, 15) is 33.9 Å². The Morgan fingerprint density at radius 3 is 1.92 bits per heavy atom. The van der Waals surface area contributed by atoms with E-state index < -0.39 is 101 Å². The van der Waals surface area contributed by atoms with Gasteiger partial charge in [0.1, 0.15) is 18.3 Å². The zero-order chi connectivity index (χ0) is 39.0. The molecular weight excluding hydrogens is 674 g/mol. The fourth-order valence-electron chi connectivity index (χ4n) is 8.78. The number of carbonyl (C=O) groups excluding carboxylic acids is 6. The molecule has 3 aliphatic rings. The number of likely N-dealkylation sites (N-methyl/N-ethyl adjacent to an activating group) is 1. The third-order valence-corrected chi connectivity index (χ3v) is 11.0. The molecule has 0 amide bonds. The van der Waals surface area contributed by atoms with Crippen molar-refractivity contribution in [2.75, 3.05) is 14.1 Å². The summed E-state index contributed by atoms with van der Waals surface area (Å²) < 4.78 is 29.4. The van der Waals surface area contributed by atoms with E-state index in [1.807, 2.05) is 6.07 Å². The van der Waals surface area contributed by atoms with Crippen LogP contribution in [-0.2, 0) is 52.5 Å². The third-order valence-electron chi connectivity index (χ3n) is 11.0. The van der Waals surface area contributed by atoms with Crippen LogP contribution in [-0.4, -0.2) is 96.4 Å². The van der Waals surface area contributed by atoms with E-state index in [4.69, 9.17) is 23.7 Å². The van der Waals surface area contributed by atoms with E-state index in [0.29, 0.717) is 16.7 Å². The molecule has 13 nitrogen and oxygen atoms in total. The van der Waals surface area contributed by atoms with Crippen LogP contribution >= 0.6 is 0 Å². The fraction of sp³-hybridized carbons (Fsp3) is 0.590. The van der Waals surface area contributed by atoms with Gasteiger partial charge < -0.3 is 28.8 Å². The van der Waals surface area contributed by atoms with Crippen LogP contribution in [0.5, 0.6) is 0 Å². The Bertz CT molecular complexity index is 1650.